The molecule has 0 heterocycles. The molecule has 1 aromatic carbocycles. The third kappa shape index (κ3) is 2.11. The van der Waals surface area contributed by atoms with Gasteiger partial charge in [0.25, 0.3) is 0 Å². The fourth-order valence-electron chi connectivity index (χ4n) is 3.38. The standard InChI is InChI=1S/C16H17NO3/c1-20-16(19)14-11-8-7-10(9-11)13(14)15(18)17-12-5-3-2-4-6-12/h2-8,10-11,13-14H,9H2,1H3,(H,17,18)/t10-,11-,13-,14-/m1/s1. The quantitative estimate of drug-likeness (QED) is 0.677. The number of hydrogen-bond acceptors (Lipinski definition) is 3. The molecule has 1 N–H and O–H groups in total. The summed E-state index contributed by atoms with van der Waals surface area (Å²) in [5, 5.41) is 2.90. The van der Waals surface area contributed by atoms with Crippen LogP contribution in [0.4, 0.5) is 5.69 Å². The van der Waals surface area contributed by atoms with Gasteiger partial charge in [0.05, 0.1) is 18.9 Å². The molecule has 3 rings (SSSR count). The molecule has 0 radical (unpaired) electrons. The summed E-state index contributed by atoms with van der Waals surface area (Å²) < 4.78 is 4.86. The molecule has 1 saturated carbocycles. The molecule has 1 aromatic rings. The van der Waals surface area contributed by atoms with Crippen LogP contribution in [-0.2, 0) is 14.3 Å². The molecule has 2 bridgehead atoms. The van der Waals surface area contributed by atoms with Gasteiger partial charge in [0, 0.05) is 5.69 Å². The number of para-hydroxylation sites is 1. The molecule has 2 aliphatic rings. The first-order valence-electron chi connectivity index (χ1n) is 6.83. The van der Waals surface area contributed by atoms with E-state index in [1.165, 1.54) is 7.11 Å². The van der Waals surface area contributed by atoms with Gasteiger partial charge in [-0.1, -0.05) is 30.4 Å². The Morgan fingerprint density at radius 2 is 1.75 bits per heavy atom. The van der Waals surface area contributed by atoms with Gasteiger partial charge in [-0.25, -0.2) is 0 Å². The van der Waals surface area contributed by atoms with Crippen LogP contribution in [0.1, 0.15) is 6.42 Å². The van der Waals surface area contributed by atoms with Gasteiger partial charge in [-0.2, -0.15) is 0 Å². The van der Waals surface area contributed by atoms with Gasteiger partial charge in [-0.3, -0.25) is 9.59 Å². The van der Waals surface area contributed by atoms with Gasteiger partial charge in [0.1, 0.15) is 0 Å². The number of fused-ring (bicyclic) bond motifs is 2. The lowest BCUT2D eigenvalue weighted by atomic mass is 9.82. The van der Waals surface area contributed by atoms with Crippen molar-refractivity contribution in [2.24, 2.45) is 23.7 Å². The van der Waals surface area contributed by atoms with E-state index in [1.807, 2.05) is 36.4 Å². The van der Waals surface area contributed by atoms with Gasteiger partial charge in [0.15, 0.2) is 0 Å². The Kier molecular flexibility index (Phi) is 3.30. The van der Waals surface area contributed by atoms with Crippen molar-refractivity contribution in [2.75, 3.05) is 12.4 Å². The minimum absolute atomic E-state index is 0.0940. The number of methoxy groups -OCH3 is 1. The highest BCUT2D eigenvalue weighted by Gasteiger charge is 2.52. The Balaban J connectivity index is 1.79. The van der Waals surface area contributed by atoms with Crippen LogP contribution in [-0.4, -0.2) is 19.0 Å². The number of benzene rings is 1. The molecule has 0 spiro atoms. The van der Waals surface area contributed by atoms with E-state index in [1.54, 1.807) is 0 Å². The smallest absolute Gasteiger partial charge is 0.310 e. The van der Waals surface area contributed by atoms with E-state index in [2.05, 4.69) is 11.4 Å². The number of anilines is 1. The number of esters is 1. The van der Waals surface area contributed by atoms with Crippen LogP contribution in [0.3, 0.4) is 0 Å². The molecular formula is C16H17NO3. The molecule has 104 valence electrons. The van der Waals surface area contributed by atoms with Crippen LogP contribution >= 0.6 is 0 Å². The number of rotatable bonds is 3. The van der Waals surface area contributed by atoms with Crippen molar-refractivity contribution < 1.29 is 14.3 Å². The first kappa shape index (κ1) is 12.9. The topological polar surface area (TPSA) is 55.4 Å². The maximum Gasteiger partial charge on any atom is 0.310 e. The Morgan fingerprint density at radius 1 is 1.10 bits per heavy atom. The molecule has 2 aliphatic carbocycles. The van der Waals surface area contributed by atoms with Gasteiger partial charge in [-0.05, 0) is 30.4 Å². The first-order valence-corrected chi connectivity index (χ1v) is 6.83. The molecule has 1 fully saturated rings. The molecule has 0 aromatic heterocycles. The lowest BCUT2D eigenvalue weighted by molar-refractivity contribution is -0.150. The highest BCUT2D eigenvalue weighted by Crippen LogP contribution is 2.48. The van der Waals surface area contributed by atoms with Crippen LogP contribution in [0, 0.1) is 23.7 Å². The fourth-order valence-corrected chi connectivity index (χ4v) is 3.38. The highest BCUT2D eigenvalue weighted by molar-refractivity contribution is 5.96. The fraction of sp³-hybridized carbons (Fsp3) is 0.375. The molecule has 20 heavy (non-hydrogen) atoms. The van der Waals surface area contributed by atoms with E-state index in [-0.39, 0.29) is 35.5 Å². The van der Waals surface area contributed by atoms with E-state index in [0.29, 0.717) is 0 Å². The number of ether oxygens (including phenoxy) is 1. The van der Waals surface area contributed by atoms with Crippen molar-refractivity contribution in [1.29, 1.82) is 0 Å². The highest BCUT2D eigenvalue weighted by atomic mass is 16.5. The average Bonchev–Trinajstić information content (AvgIpc) is 3.08. The van der Waals surface area contributed by atoms with E-state index < -0.39 is 0 Å². The summed E-state index contributed by atoms with van der Waals surface area (Å²) in [5.74, 6) is -0.762. The van der Waals surface area contributed by atoms with Gasteiger partial charge in [-0.15, -0.1) is 0 Å². The average molecular weight is 271 g/mol. The van der Waals surface area contributed by atoms with Crippen molar-refractivity contribution in [3.63, 3.8) is 0 Å². The molecular weight excluding hydrogens is 254 g/mol. The summed E-state index contributed by atoms with van der Waals surface area (Å²) in [6, 6.07) is 9.32. The van der Waals surface area contributed by atoms with Crippen LogP contribution in [0.5, 0.6) is 0 Å². The minimum Gasteiger partial charge on any atom is -0.469 e. The lowest BCUT2D eigenvalue weighted by Crippen LogP contribution is -2.37. The van der Waals surface area contributed by atoms with Crippen LogP contribution in [0.25, 0.3) is 0 Å². The number of carbonyl (C=O) groups excluding carboxylic acids is 2. The molecule has 0 aliphatic heterocycles. The van der Waals surface area contributed by atoms with E-state index in [9.17, 15) is 9.59 Å². The van der Waals surface area contributed by atoms with Crippen molar-refractivity contribution in [1.82, 2.24) is 0 Å². The van der Waals surface area contributed by atoms with Crippen molar-refractivity contribution in [3.8, 4) is 0 Å². The van der Waals surface area contributed by atoms with Crippen molar-refractivity contribution >= 4 is 17.6 Å². The van der Waals surface area contributed by atoms with Crippen LogP contribution in [0.2, 0.25) is 0 Å². The molecule has 1 amide bonds. The Hall–Kier alpha value is -2.10. The maximum absolute atomic E-state index is 12.5. The zero-order valence-electron chi connectivity index (χ0n) is 11.3. The first-order chi connectivity index (χ1) is 9.70. The molecule has 4 atom stereocenters. The monoisotopic (exact) mass is 271 g/mol. The van der Waals surface area contributed by atoms with E-state index in [4.69, 9.17) is 4.74 Å². The second-order valence-electron chi connectivity index (χ2n) is 5.38. The van der Waals surface area contributed by atoms with Gasteiger partial charge in [0.2, 0.25) is 5.91 Å². The summed E-state index contributed by atoms with van der Waals surface area (Å²) >= 11 is 0. The second-order valence-corrected chi connectivity index (χ2v) is 5.38. The van der Waals surface area contributed by atoms with Crippen LogP contribution < -0.4 is 5.32 Å². The summed E-state index contributed by atoms with van der Waals surface area (Å²) in [6.45, 7) is 0. The maximum atomic E-state index is 12.5. The largest absolute Gasteiger partial charge is 0.469 e. The predicted octanol–water partition coefficient (Wildman–Crippen LogP) is 2.24. The number of hydrogen-bond donors (Lipinski definition) is 1. The number of allylic oxidation sites excluding steroid dienone is 2. The SMILES string of the molecule is COC(=O)[C@H]1[C@H](C(=O)Nc2ccccc2)[C@@H]2C=C[C@@H]1C2. The zero-order chi connectivity index (χ0) is 14.1. The summed E-state index contributed by atoms with van der Waals surface area (Å²) in [6.07, 6.45) is 4.96. The lowest BCUT2D eigenvalue weighted by Gasteiger charge is -2.25. The summed E-state index contributed by atoms with van der Waals surface area (Å²) in [4.78, 5) is 24.4. The van der Waals surface area contributed by atoms with E-state index in [0.717, 1.165) is 12.1 Å². The number of carbonyl (C=O) groups is 2. The predicted molar refractivity (Wildman–Crippen MR) is 74.8 cm³/mol. The third-order valence-corrected chi connectivity index (χ3v) is 4.28. The Morgan fingerprint density at radius 3 is 2.40 bits per heavy atom. The molecule has 4 heteroatoms. The minimum atomic E-state index is -0.348. The normalized spacial score (nSPS) is 30.2. The Labute approximate surface area is 117 Å². The second kappa shape index (κ2) is 5.12. The van der Waals surface area contributed by atoms with Gasteiger partial charge >= 0.3 is 5.97 Å². The molecule has 0 saturated heterocycles. The number of amides is 1. The molecule has 0 unspecified atom stereocenters. The van der Waals surface area contributed by atoms with E-state index >= 15 is 0 Å². The summed E-state index contributed by atoms with van der Waals surface area (Å²) in [7, 11) is 1.38. The molecule has 4 nitrogen and oxygen atoms in total. The summed E-state index contributed by atoms with van der Waals surface area (Å²) in [5.41, 5.74) is 0.757. The van der Waals surface area contributed by atoms with Crippen molar-refractivity contribution in [3.05, 3.63) is 42.5 Å². The number of nitrogens with one attached hydrogen (secondary N) is 1. The zero-order valence-corrected chi connectivity index (χ0v) is 11.3. The Bertz CT molecular complexity index is 552. The van der Waals surface area contributed by atoms with Crippen LogP contribution in [0.15, 0.2) is 42.5 Å². The van der Waals surface area contributed by atoms with Crippen molar-refractivity contribution in [2.45, 2.75) is 6.42 Å². The third-order valence-electron chi connectivity index (χ3n) is 4.28. The van der Waals surface area contributed by atoms with Gasteiger partial charge < -0.3 is 10.1 Å².